The van der Waals surface area contributed by atoms with Gasteiger partial charge in [-0.25, -0.2) is 0 Å². The van der Waals surface area contributed by atoms with Crippen molar-refractivity contribution in [1.29, 1.82) is 0 Å². The maximum Gasteiger partial charge on any atom is 0.0710 e. The van der Waals surface area contributed by atoms with Gasteiger partial charge in [-0.2, -0.15) is 0 Å². The topological polar surface area (TPSA) is 58.3 Å². The number of aliphatic hydroxyl groups is 1. The fourth-order valence-corrected chi connectivity index (χ4v) is 1.39. The Labute approximate surface area is 92.4 Å². The lowest BCUT2D eigenvalue weighted by molar-refractivity contribution is 0.178. The summed E-state index contributed by atoms with van der Waals surface area (Å²) >= 11 is 3.35. The number of anilines is 2. The summed E-state index contributed by atoms with van der Waals surface area (Å²) in [5, 5.41) is 12.5. The first-order valence-corrected chi connectivity index (χ1v) is 5.30. The molecule has 14 heavy (non-hydrogen) atoms. The zero-order valence-electron chi connectivity index (χ0n) is 8.29. The van der Waals surface area contributed by atoms with E-state index in [2.05, 4.69) is 21.2 Å². The van der Waals surface area contributed by atoms with Crippen LogP contribution >= 0.6 is 15.9 Å². The molecular formula is C10H15BrN2O. The Morgan fingerprint density at radius 1 is 1.43 bits per heavy atom. The first-order valence-electron chi connectivity index (χ1n) is 4.51. The molecule has 4 N–H and O–H groups in total. The maximum atomic E-state index is 9.33. The van der Waals surface area contributed by atoms with Crippen LogP contribution in [0.4, 0.5) is 11.4 Å². The summed E-state index contributed by atoms with van der Waals surface area (Å²) in [6.45, 7) is 3.65. The van der Waals surface area contributed by atoms with E-state index in [1.54, 1.807) is 6.92 Å². The van der Waals surface area contributed by atoms with E-state index in [1.807, 2.05) is 25.1 Å². The number of hydrogen-bond donors (Lipinski definition) is 3. The highest BCUT2D eigenvalue weighted by molar-refractivity contribution is 9.10. The summed E-state index contributed by atoms with van der Waals surface area (Å²) in [5.74, 6) is 0. The van der Waals surface area contributed by atoms with Gasteiger partial charge < -0.3 is 16.2 Å². The van der Waals surface area contributed by atoms with Gasteiger partial charge in [0.1, 0.15) is 0 Å². The molecule has 4 heteroatoms. The highest BCUT2D eigenvalue weighted by Gasteiger charge is 2.10. The van der Waals surface area contributed by atoms with Crippen molar-refractivity contribution in [3.63, 3.8) is 0 Å². The molecule has 0 amide bonds. The zero-order chi connectivity index (χ0) is 10.7. The van der Waals surface area contributed by atoms with E-state index in [0.29, 0.717) is 5.69 Å². The second-order valence-electron chi connectivity index (χ2n) is 3.37. The Hall–Kier alpha value is -0.740. The van der Waals surface area contributed by atoms with Crippen molar-refractivity contribution in [1.82, 2.24) is 0 Å². The molecule has 2 atom stereocenters. The molecule has 0 aliphatic rings. The molecule has 1 aromatic carbocycles. The molecule has 0 aliphatic carbocycles. The lowest BCUT2D eigenvalue weighted by atomic mass is 10.2. The molecule has 78 valence electrons. The van der Waals surface area contributed by atoms with E-state index in [1.165, 1.54) is 0 Å². The summed E-state index contributed by atoms with van der Waals surface area (Å²) in [7, 11) is 0. The molecule has 0 saturated heterocycles. The minimum Gasteiger partial charge on any atom is -0.396 e. The van der Waals surface area contributed by atoms with Crippen LogP contribution in [-0.2, 0) is 0 Å². The van der Waals surface area contributed by atoms with Crippen LogP contribution in [-0.4, -0.2) is 17.3 Å². The number of hydrogen-bond acceptors (Lipinski definition) is 3. The number of nitrogen functional groups attached to an aromatic ring is 1. The van der Waals surface area contributed by atoms with Crippen molar-refractivity contribution in [3.05, 3.63) is 22.7 Å². The van der Waals surface area contributed by atoms with Crippen LogP contribution in [0.3, 0.4) is 0 Å². The number of nitrogens with one attached hydrogen (secondary N) is 1. The Bertz CT molecular complexity index is 315. The fraction of sp³-hybridized carbons (Fsp3) is 0.400. The predicted octanol–water partition coefficient (Wildman–Crippen LogP) is 2.21. The van der Waals surface area contributed by atoms with Gasteiger partial charge in [0.05, 0.1) is 17.5 Å². The van der Waals surface area contributed by atoms with E-state index < -0.39 is 6.10 Å². The number of aliphatic hydroxyl groups excluding tert-OH is 1. The van der Waals surface area contributed by atoms with Gasteiger partial charge in [-0.05, 0) is 41.9 Å². The van der Waals surface area contributed by atoms with Crippen LogP contribution in [0, 0.1) is 0 Å². The molecule has 0 fully saturated rings. The maximum absolute atomic E-state index is 9.33. The number of nitrogens with two attached hydrogens (primary N) is 1. The van der Waals surface area contributed by atoms with Gasteiger partial charge in [0, 0.05) is 10.5 Å². The van der Waals surface area contributed by atoms with Gasteiger partial charge in [0.15, 0.2) is 0 Å². The van der Waals surface area contributed by atoms with Crippen molar-refractivity contribution in [2.45, 2.75) is 26.0 Å². The van der Waals surface area contributed by atoms with Crippen molar-refractivity contribution in [3.8, 4) is 0 Å². The van der Waals surface area contributed by atoms with Gasteiger partial charge in [-0.15, -0.1) is 0 Å². The van der Waals surface area contributed by atoms with Gasteiger partial charge >= 0.3 is 0 Å². The Morgan fingerprint density at radius 2 is 2.07 bits per heavy atom. The lowest BCUT2D eigenvalue weighted by Crippen LogP contribution is -2.28. The van der Waals surface area contributed by atoms with E-state index in [4.69, 9.17) is 5.73 Å². The summed E-state index contributed by atoms with van der Waals surface area (Å²) in [4.78, 5) is 0. The first-order chi connectivity index (χ1) is 6.52. The van der Waals surface area contributed by atoms with Gasteiger partial charge in [-0.1, -0.05) is 6.07 Å². The monoisotopic (exact) mass is 258 g/mol. The van der Waals surface area contributed by atoms with Crippen molar-refractivity contribution in [2.75, 3.05) is 11.1 Å². The minimum atomic E-state index is -0.409. The molecule has 0 aliphatic heterocycles. The van der Waals surface area contributed by atoms with E-state index >= 15 is 0 Å². The van der Waals surface area contributed by atoms with E-state index in [-0.39, 0.29) is 6.04 Å². The summed E-state index contributed by atoms with van der Waals surface area (Å²) in [6.07, 6.45) is -0.409. The third kappa shape index (κ3) is 2.62. The molecular weight excluding hydrogens is 244 g/mol. The van der Waals surface area contributed by atoms with Gasteiger partial charge in [-0.3, -0.25) is 0 Å². The quantitative estimate of drug-likeness (QED) is 0.729. The highest BCUT2D eigenvalue weighted by atomic mass is 79.9. The van der Waals surface area contributed by atoms with Crippen LogP contribution in [0.1, 0.15) is 13.8 Å². The predicted molar refractivity (Wildman–Crippen MR) is 63.3 cm³/mol. The minimum absolute atomic E-state index is 0.0217. The summed E-state index contributed by atoms with van der Waals surface area (Å²) in [6, 6.07) is 5.65. The largest absolute Gasteiger partial charge is 0.396 e. The third-order valence-electron chi connectivity index (χ3n) is 2.16. The van der Waals surface area contributed by atoms with Crippen LogP contribution in [0.5, 0.6) is 0 Å². The van der Waals surface area contributed by atoms with Gasteiger partial charge in [0.25, 0.3) is 0 Å². The molecule has 3 nitrogen and oxygen atoms in total. The third-order valence-corrected chi connectivity index (χ3v) is 2.85. The van der Waals surface area contributed by atoms with Crippen LogP contribution in [0.15, 0.2) is 22.7 Å². The molecule has 0 saturated carbocycles. The standard InChI is InChI=1S/C10H15BrN2O/c1-6(7(2)14)13-9-5-3-4-8(11)10(9)12/h3-7,13-14H,12H2,1-2H3. The van der Waals surface area contributed by atoms with Crippen LogP contribution < -0.4 is 11.1 Å². The number of rotatable bonds is 3. The molecule has 0 bridgehead atoms. The normalized spacial score (nSPS) is 14.9. The summed E-state index contributed by atoms with van der Waals surface area (Å²) in [5.41, 5.74) is 7.35. The van der Waals surface area contributed by atoms with Crippen molar-refractivity contribution < 1.29 is 5.11 Å². The van der Waals surface area contributed by atoms with Gasteiger partial charge in [0.2, 0.25) is 0 Å². The second-order valence-corrected chi connectivity index (χ2v) is 4.23. The molecule has 0 spiro atoms. The molecule has 0 heterocycles. The number of benzene rings is 1. The molecule has 1 rings (SSSR count). The average molecular weight is 259 g/mol. The molecule has 0 aromatic heterocycles. The van der Waals surface area contributed by atoms with E-state index in [9.17, 15) is 5.11 Å². The zero-order valence-corrected chi connectivity index (χ0v) is 9.88. The van der Waals surface area contributed by atoms with Crippen molar-refractivity contribution in [2.24, 2.45) is 0 Å². The fourth-order valence-electron chi connectivity index (χ4n) is 1.03. The van der Waals surface area contributed by atoms with E-state index in [0.717, 1.165) is 10.2 Å². The number of halogens is 1. The SMILES string of the molecule is CC(O)C(C)Nc1cccc(Br)c1N. The Kier molecular flexibility index (Phi) is 3.77. The number of para-hydroxylation sites is 1. The van der Waals surface area contributed by atoms with Crippen molar-refractivity contribution >= 4 is 27.3 Å². The Morgan fingerprint density at radius 3 is 2.64 bits per heavy atom. The summed E-state index contributed by atoms with van der Waals surface area (Å²) < 4.78 is 0.861. The van der Waals surface area contributed by atoms with Crippen LogP contribution in [0.25, 0.3) is 0 Å². The highest BCUT2D eigenvalue weighted by Crippen LogP contribution is 2.27. The molecule has 0 radical (unpaired) electrons. The lowest BCUT2D eigenvalue weighted by Gasteiger charge is -2.19. The smallest absolute Gasteiger partial charge is 0.0710 e. The average Bonchev–Trinajstić information content (AvgIpc) is 2.12. The van der Waals surface area contributed by atoms with Crippen LogP contribution in [0.2, 0.25) is 0 Å². The Balaban J connectivity index is 2.82. The molecule has 2 unspecified atom stereocenters. The molecule has 1 aromatic rings. The first kappa shape index (κ1) is 11.3. The second kappa shape index (κ2) is 4.66.